The molecule has 0 aliphatic carbocycles. The molecule has 1 fully saturated rings. The molecular weight excluding hydrogens is 559 g/mol. The largest absolute Gasteiger partial charge is 0.491 e. The number of fused-ring (bicyclic) bond motifs is 1. The molecule has 0 radical (unpaired) electrons. The van der Waals surface area contributed by atoms with E-state index in [0.717, 1.165) is 29.3 Å². The number of carbonyl (C=O) groups excluding carboxylic acids is 2. The number of thiophene rings is 1. The summed E-state index contributed by atoms with van der Waals surface area (Å²) in [6.45, 7) is 1.78. The van der Waals surface area contributed by atoms with Gasteiger partial charge in [-0.15, -0.1) is 11.3 Å². The van der Waals surface area contributed by atoms with E-state index in [0.29, 0.717) is 31.0 Å². The van der Waals surface area contributed by atoms with Gasteiger partial charge in [0.1, 0.15) is 24.7 Å². The second-order valence-corrected chi connectivity index (χ2v) is 11.2. The maximum Gasteiger partial charge on any atom is 0.254 e. The van der Waals surface area contributed by atoms with Crippen molar-refractivity contribution in [2.75, 3.05) is 32.8 Å². The molecule has 6 nitrogen and oxygen atoms in total. The van der Waals surface area contributed by atoms with Crippen LogP contribution in [0.5, 0.6) is 5.75 Å². The Morgan fingerprint density at radius 3 is 2.78 bits per heavy atom. The van der Waals surface area contributed by atoms with Crippen LogP contribution in [0.15, 0.2) is 64.5 Å². The van der Waals surface area contributed by atoms with Gasteiger partial charge in [-0.25, -0.2) is 4.39 Å². The van der Waals surface area contributed by atoms with Gasteiger partial charge in [0, 0.05) is 34.6 Å². The molecule has 1 saturated heterocycles. The first-order valence-electron chi connectivity index (χ1n) is 12.4. The van der Waals surface area contributed by atoms with Gasteiger partial charge in [-0.2, -0.15) is 0 Å². The standard InChI is InChI=1S/C28H28BrFN2O4S/c29-20-4-1-3-19(15-20)28(34)31(16-23-5-2-13-35-23)17-27(33)32-12-10-26-24(11-14-37-26)25(32)18-36-22-8-6-21(30)7-9-22/h1,3-4,6-9,11,14-15,23,25H,2,5,10,12-13,16-18H2/t23-,25-/m0/s1. The average Bonchev–Trinajstić information content (AvgIpc) is 3.59. The molecule has 0 saturated carbocycles. The lowest BCUT2D eigenvalue weighted by atomic mass is 10.00. The number of benzene rings is 2. The summed E-state index contributed by atoms with van der Waals surface area (Å²) in [5, 5.41) is 2.03. The van der Waals surface area contributed by atoms with Crippen LogP contribution in [0.4, 0.5) is 4.39 Å². The van der Waals surface area contributed by atoms with Crippen molar-refractivity contribution < 1.29 is 23.5 Å². The molecule has 0 bridgehead atoms. The van der Waals surface area contributed by atoms with Crippen LogP contribution < -0.4 is 4.74 Å². The van der Waals surface area contributed by atoms with E-state index in [1.165, 1.54) is 17.0 Å². The third-order valence-corrected chi connectivity index (χ3v) is 8.26. The summed E-state index contributed by atoms with van der Waals surface area (Å²) in [7, 11) is 0. The van der Waals surface area contributed by atoms with Crippen LogP contribution >= 0.6 is 27.3 Å². The van der Waals surface area contributed by atoms with Crippen molar-refractivity contribution in [2.45, 2.75) is 31.4 Å². The number of hydrogen-bond acceptors (Lipinski definition) is 5. The fourth-order valence-electron chi connectivity index (χ4n) is 4.89. The van der Waals surface area contributed by atoms with Crippen molar-refractivity contribution in [3.63, 3.8) is 0 Å². The molecule has 1 aromatic heterocycles. The summed E-state index contributed by atoms with van der Waals surface area (Å²) >= 11 is 5.11. The first-order chi connectivity index (χ1) is 18.0. The van der Waals surface area contributed by atoms with E-state index >= 15 is 0 Å². The maximum absolute atomic E-state index is 13.8. The van der Waals surface area contributed by atoms with Crippen molar-refractivity contribution >= 4 is 39.1 Å². The Balaban J connectivity index is 1.35. The van der Waals surface area contributed by atoms with Crippen LogP contribution in [0.1, 0.15) is 39.7 Å². The van der Waals surface area contributed by atoms with Crippen molar-refractivity contribution in [2.24, 2.45) is 0 Å². The Morgan fingerprint density at radius 2 is 2.03 bits per heavy atom. The van der Waals surface area contributed by atoms with E-state index in [4.69, 9.17) is 9.47 Å². The minimum absolute atomic E-state index is 0.0439. The van der Waals surface area contributed by atoms with Gasteiger partial charge in [0.2, 0.25) is 5.91 Å². The zero-order chi connectivity index (χ0) is 25.8. The lowest BCUT2D eigenvalue weighted by molar-refractivity contribution is -0.135. The fourth-order valence-corrected chi connectivity index (χ4v) is 6.22. The van der Waals surface area contributed by atoms with Crippen LogP contribution in [-0.4, -0.2) is 60.6 Å². The van der Waals surface area contributed by atoms with Gasteiger partial charge < -0.3 is 19.3 Å². The normalized spacial score (nSPS) is 18.9. The van der Waals surface area contributed by atoms with Gasteiger partial charge in [-0.05, 0) is 78.7 Å². The molecule has 3 heterocycles. The van der Waals surface area contributed by atoms with Crippen molar-refractivity contribution in [1.82, 2.24) is 9.80 Å². The second kappa shape index (κ2) is 11.8. The molecule has 3 aromatic rings. The summed E-state index contributed by atoms with van der Waals surface area (Å²) in [6, 6.07) is 14.8. The van der Waals surface area contributed by atoms with E-state index in [-0.39, 0.29) is 42.9 Å². The number of carbonyl (C=O) groups is 2. The van der Waals surface area contributed by atoms with Gasteiger partial charge in [0.15, 0.2) is 0 Å². The first-order valence-corrected chi connectivity index (χ1v) is 14.1. The Kier molecular flexibility index (Phi) is 8.22. The molecule has 2 aliphatic rings. The molecule has 0 unspecified atom stereocenters. The Bertz CT molecular complexity index is 1240. The van der Waals surface area contributed by atoms with Crippen molar-refractivity contribution in [3.8, 4) is 5.75 Å². The molecule has 37 heavy (non-hydrogen) atoms. The van der Waals surface area contributed by atoms with E-state index in [1.54, 1.807) is 40.5 Å². The van der Waals surface area contributed by atoms with E-state index in [9.17, 15) is 14.0 Å². The second-order valence-electron chi connectivity index (χ2n) is 9.25. The number of ether oxygens (including phenoxy) is 2. The SMILES string of the molecule is O=C(c1cccc(Br)c1)N(CC(=O)N1CCc2sccc2[C@@H]1COc1ccc(F)cc1)C[C@@H]1CCCO1. The number of rotatable bonds is 8. The summed E-state index contributed by atoms with van der Waals surface area (Å²) in [6.07, 6.45) is 2.50. The van der Waals surface area contributed by atoms with Crippen LogP contribution in [-0.2, 0) is 16.0 Å². The molecule has 194 valence electrons. The lowest BCUT2D eigenvalue weighted by Crippen LogP contribution is -2.49. The average molecular weight is 588 g/mol. The number of amides is 2. The van der Waals surface area contributed by atoms with E-state index in [1.807, 2.05) is 28.5 Å². The summed E-state index contributed by atoms with van der Waals surface area (Å²) < 4.78 is 25.9. The highest BCUT2D eigenvalue weighted by atomic mass is 79.9. The summed E-state index contributed by atoms with van der Waals surface area (Å²) in [4.78, 5) is 31.9. The lowest BCUT2D eigenvalue weighted by Gasteiger charge is -2.37. The predicted octanol–water partition coefficient (Wildman–Crippen LogP) is 5.48. The van der Waals surface area contributed by atoms with Gasteiger partial charge in [-0.3, -0.25) is 9.59 Å². The highest BCUT2D eigenvalue weighted by Crippen LogP contribution is 2.34. The molecule has 5 rings (SSSR count). The van der Waals surface area contributed by atoms with Crippen LogP contribution in [0.3, 0.4) is 0 Å². The van der Waals surface area contributed by atoms with Gasteiger partial charge in [-0.1, -0.05) is 22.0 Å². The zero-order valence-corrected chi connectivity index (χ0v) is 22.7. The minimum atomic E-state index is -0.330. The number of nitrogens with zero attached hydrogens (tertiary/aromatic N) is 2. The van der Waals surface area contributed by atoms with Crippen LogP contribution in [0.25, 0.3) is 0 Å². The minimum Gasteiger partial charge on any atom is -0.491 e. The molecule has 2 aromatic carbocycles. The fraction of sp³-hybridized carbons (Fsp3) is 0.357. The number of hydrogen-bond donors (Lipinski definition) is 0. The third-order valence-electron chi connectivity index (χ3n) is 6.77. The Morgan fingerprint density at radius 1 is 1.19 bits per heavy atom. The van der Waals surface area contributed by atoms with Crippen LogP contribution in [0, 0.1) is 5.82 Å². The third kappa shape index (κ3) is 6.22. The smallest absolute Gasteiger partial charge is 0.254 e. The molecule has 0 N–H and O–H groups in total. The van der Waals surface area contributed by atoms with Crippen molar-refractivity contribution in [1.29, 1.82) is 0 Å². The molecule has 0 spiro atoms. The van der Waals surface area contributed by atoms with Crippen LogP contribution in [0.2, 0.25) is 0 Å². The van der Waals surface area contributed by atoms with Gasteiger partial charge >= 0.3 is 0 Å². The Labute approximate surface area is 228 Å². The number of halogens is 2. The van der Waals surface area contributed by atoms with E-state index in [2.05, 4.69) is 15.9 Å². The quantitative estimate of drug-likeness (QED) is 0.351. The highest BCUT2D eigenvalue weighted by molar-refractivity contribution is 9.10. The van der Waals surface area contributed by atoms with Gasteiger partial charge in [0.05, 0.1) is 12.1 Å². The molecule has 9 heteroatoms. The topological polar surface area (TPSA) is 59.1 Å². The maximum atomic E-state index is 13.8. The first kappa shape index (κ1) is 25.9. The Hall–Kier alpha value is -2.75. The van der Waals surface area contributed by atoms with E-state index < -0.39 is 0 Å². The summed E-state index contributed by atoms with van der Waals surface area (Å²) in [5.74, 6) is -0.118. The van der Waals surface area contributed by atoms with Gasteiger partial charge in [0.25, 0.3) is 5.91 Å². The highest BCUT2D eigenvalue weighted by Gasteiger charge is 2.34. The summed E-state index contributed by atoms with van der Waals surface area (Å²) in [5.41, 5.74) is 1.59. The monoisotopic (exact) mass is 586 g/mol. The molecule has 2 aliphatic heterocycles. The molecule has 2 atom stereocenters. The zero-order valence-electron chi connectivity index (χ0n) is 20.3. The molecule has 2 amide bonds. The molecular formula is C28H28BrFN2O4S. The predicted molar refractivity (Wildman–Crippen MR) is 143 cm³/mol. The van der Waals surface area contributed by atoms with Crippen molar-refractivity contribution in [3.05, 3.63) is 86.3 Å².